The molecule has 1 atom stereocenters. The van der Waals surface area contributed by atoms with E-state index < -0.39 is 0 Å². The second-order valence-corrected chi connectivity index (χ2v) is 3.94. The van der Waals surface area contributed by atoms with Gasteiger partial charge in [-0.25, -0.2) is 0 Å². The minimum atomic E-state index is -0.263. The van der Waals surface area contributed by atoms with E-state index in [0.29, 0.717) is 11.1 Å². The highest BCUT2D eigenvalue weighted by molar-refractivity contribution is 6.05. The monoisotopic (exact) mass is 230 g/mol. The van der Waals surface area contributed by atoms with E-state index in [1.54, 1.807) is 19.2 Å². The summed E-state index contributed by atoms with van der Waals surface area (Å²) in [6, 6.07) is 8.95. The second-order valence-electron chi connectivity index (χ2n) is 3.94. The lowest BCUT2D eigenvalue weighted by Gasteiger charge is -2.11. The van der Waals surface area contributed by atoms with Gasteiger partial charge in [-0.15, -0.1) is 0 Å². The zero-order valence-corrected chi connectivity index (χ0v) is 9.55. The Morgan fingerprint density at radius 3 is 2.94 bits per heavy atom. The molecule has 88 valence electrons. The Labute approximate surface area is 99.3 Å². The number of carbonyl (C=O) groups excluding carboxylic acids is 1. The average molecular weight is 230 g/mol. The topological polar surface area (TPSA) is 62.2 Å². The smallest absolute Gasteiger partial charge is 0.253 e. The Morgan fingerprint density at radius 2 is 2.18 bits per heavy atom. The number of benzene rings is 1. The summed E-state index contributed by atoms with van der Waals surface area (Å²) in [7, 11) is 0. The number of pyridine rings is 1. The fourth-order valence-electron chi connectivity index (χ4n) is 1.63. The molecule has 0 radical (unpaired) electrons. The van der Waals surface area contributed by atoms with Crippen LogP contribution in [0.3, 0.4) is 0 Å². The van der Waals surface area contributed by atoms with Crippen molar-refractivity contribution in [3.63, 3.8) is 0 Å². The Bertz CT molecular complexity index is 534. The highest BCUT2D eigenvalue weighted by Gasteiger charge is 2.12. The first-order valence-corrected chi connectivity index (χ1v) is 5.48. The maximum absolute atomic E-state index is 12.0. The summed E-state index contributed by atoms with van der Waals surface area (Å²) in [5.41, 5.74) is 1.21. The van der Waals surface area contributed by atoms with Gasteiger partial charge < -0.3 is 10.4 Å². The Kier molecular flexibility index (Phi) is 3.35. The third kappa shape index (κ3) is 2.42. The quantitative estimate of drug-likeness (QED) is 0.836. The molecule has 17 heavy (non-hydrogen) atoms. The van der Waals surface area contributed by atoms with Crippen molar-refractivity contribution in [1.82, 2.24) is 10.3 Å². The third-order valence-electron chi connectivity index (χ3n) is 2.53. The van der Waals surface area contributed by atoms with E-state index in [2.05, 4.69) is 10.3 Å². The highest BCUT2D eigenvalue weighted by Crippen LogP contribution is 2.15. The van der Waals surface area contributed by atoms with Crippen molar-refractivity contribution in [3.8, 4) is 0 Å². The first-order chi connectivity index (χ1) is 8.22. The SMILES string of the molecule is C[C@@H](CO)NC(=O)c1cccc2cccnc12. The average Bonchev–Trinajstić information content (AvgIpc) is 2.37. The predicted molar refractivity (Wildman–Crippen MR) is 65.8 cm³/mol. The fourth-order valence-corrected chi connectivity index (χ4v) is 1.63. The van der Waals surface area contributed by atoms with Crippen LogP contribution in [0.2, 0.25) is 0 Å². The molecule has 0 saturated carbocycles. The van der Waals surface area contributed by atoms with Gasteiger partial charge in [0.2, 0.25) is 0 Å². The standard InChI is InChI=1S/C13H14N2O2/c1-9(8-16)15-13(17)11-6-2-4-10-5-3-7-14-12(10)11/h2-7,9,16H,8H2,1H3,(H,15,17)/t9-/m0/s1. The van der Waals surface area contributed by atoms with Crippen molar-refractivity contribution in [2.45, 2.75) is 13.0 Å². The zero-order valence-electron chi connectivity index (χ0n) is 9.55. The van der Waals surface area contributed by atoms with Crippen molar-refractivity contribution in [1.29, 1.82) is 0 Å². The van der Waals surface area contributed by atoms with E-state index in [1.807, 2.05) is 24.3 Å². The molecule has 0 aliphatic heterocycles. The number of aromatic nitrogens is 1. The lowest BCUT2D eigenvalue weighted by Crippen LogP contribution is -2.35. The summed E-state index contributed by atoms with van der Waals surface area (Å²) in [6.07, 6.45) is 1.66. The summed E-state index contributed by atoms with van der Waals surface area (Å²) in [5.74, 6) is -0.212. The van der Waals surface area contributed by atoms with Crippen LogP contribution < -0.4 is 5.32 Å². The summed E-state index contributed by atoms with van der Waals surface area (Å²) in [6.45, 7) is 1.67. The van der Waals surface area contributed by atoms with Gasteiger partial charge in [0.25, 0.3) is 5.91 Å². The number of carbonyl (C=O) groups is 1. The van der Waals surface area contributed by atoms with Gasteiger partial charge in [0.15, 0.2) is 0 Å². The molecule has 0 unspecified atom stereocenters. The highest BCUT2D eigenvalue weighted by atomic mass is 16.3. The van der Waals surface area contributed by atoms with E-state index >= 15 is 0 Å². The van der Waals surface area contributed by atoms with Gasteiger partial charge in [0, 0.05) is 17.6 Å². The summed E-state index contributed by atoms with van der Waals surface area (Å²) < 4.78 is 0. The molecule has 0 fully saturated rings. The number of rotatable bonds is 3. The van der Waals surface area contributed by atoms with Gasteiger partial charge in [-0.1, -0.05) is 18.2 Å². The molecule has 2 aromatic rings. The van der Waals surface area contributed by atoms with Crippen molar-refractivity contribution < 1.29 is 9.90 Å². The molecule has 1 heterocycles. The number of hydrogen-bond donors (Lipinski definition) is 2. The largest absolute Gasteiger partial charge is 0.394 e. The van der Waals surface area contributed by atoms with Crippen LogP contribution in [0, 0.1) is 0 Å². The van der Waals surface area contributed by atoms with Gasteiger partial charge >= 0.3 is 0 Å². The van der Waals surface area contributed by atoms with Crippen LogP contribution in [0.1, 0.15) is 17.3 Å². The zero-order chi connectivity index (χ0) is 12.3. The molecular formula is C13H14N2O2. The lowest BCUT2D eigenvalue weighted by molar-refractivity contribution is 0.0924. The first-order valence-electron chi connectivity index (χ1n) is 5.48. The molecule has 2 rings (SSSR count). The van der Waals surface area contributed by atoms with Gasteiger partial charge in [-0.2, -0.15) is 0 Å². The Morgan fingerprint density at radius 1 is 1.41 bits per heavy atom. The number of nitrogens with zero attached hydrogens (tertiary/aromatic N) is 1. The maximum atomic E-state index is 12.0. The van der Waals surface area contributed by atoms with Gasteiger partial charge in [0.05, 0.1) is 17.7 Å². The van der Waals surface area contributed by atoms with Crippen LogP contribution in [0.4, 0.5) is 0 Å². The van der Waals surface area contributed by atoms with E-state index in [9.17, 15) is 4.79 Å². The number of para-hydroxylation sites is 1. The third-order valence-corrected chi connectivity index (χ3v) is 2.53. The Hall–Kier alpha value is -1.94. The normalized spacial score (nSPS) is 12.4. The second kappa shape index (κ2) is 4.93. The molecule has 0 aliphatic rings. The fraction of sp³-hybridized carbons (Fsp3) is 0.231. The van der Waals surface area contributed by atoms with E-state index in [4.69, 9.17) is 5.11 Å². The minimum Gasteiger partial charge on any atom is -0.394 e. The summed E-state index contributed by atoms with van der Waals surface area (Å²) >= 11 is 0. The van der Waals surface area contributed by atoms with E-state index in [0.717, 1.165) is 5.39 Å². The van der Waals surface area contributed by atoms with Crippen LogP contribution in [0.15, 0.2) is 36.5 Å². The molecule has 0 bridgehead atoms. The van der Waals surface area contributed by atoms with Gasteiger partial charge in [-0.3, -0.25) is 9.78 Å². The van der Waals surface area contributed by atoms with Gasteiger partial charge in [-0.05, 0) is 19.1 Å². The number of fused-ring (bicyclic) bond motifs is 1. The van der Waals surface area contributed by atoms with Crippen LogP contribution >= 0.6 is 0 Å². The molecule has 0 spiro atoms. The van der Waals surface area contributed by atoms with Crippen LogP contribution in [-0.4, -0.2) is 28.6 Å². The first kappa shape index (κ1) is 11.5. The van der Waals surface area contributed by atoms with E-state index in [-0.39, 0.29) is 18.6 Å². The number of aliphatic hydroxyl groups is 1. The summed E-state index contributed by atoms with van der Waals surface area (Å²) in [5, 5.41) is 12.6. The van der Waals surface area contributed by atoms with Crippen molar-refractivity contribution in [2.75, 3.05) is 6.61 Å². The molecule has 1 aromatic heterocycles. The minimum absolute atomic E-state index is 0.0794. The molecule has 1 aromatic carbocycles. The Balaban J connectivity index is 2.38. The molecule has 1 amide bonds. The van der Waals surface area contributed by atoms with Gasteiger partial charge in [0.1, 0.15) is 0 Å². The van der Waals surface area contributed by atoms with Crippen LogP contribution in [-0.2, 0) is 0 Å². The van der Waals surface area contributed by atoms with Crippen molar-refractivity contribution in [3.05, 3.63) is 42.1 Å². The summed E-state index contributed by atoms with van der Waals surface area (Å²) in [4.78, 5) is 16.2. The van der Waals surface area contributed by atoms with Crippen LogP contribution in [0.5, 0.6) is 0 Å². The molecule has 2 N–H and O–H groups in total. The van der Waals surface area contributed by atoms with Crippen LogP contribution in [0.25, 0.3) is 10.9 Å². The molecule has 4 heteroatoms. The number of nitrogens with one attached hydrogen (secondary N) is 1. The number of amides is 1. The lowest BCUT2D eigenvalue weighted by atomic mass is 10.1. The molecule has 0 saturated heterocycles. The molecule has 0 aliphatic carbocycles. The number of aliphatic hydroxyl groups excluding tert-OH is 1. The van der Waals surface area contributed by atoms with Crippen molar-refractivity contribution >= 4 is 16.8 Å². The van der Waals surface area contributed by atoms with Crippen molar-refractivity contribution in [2.24, 2.45) is 0 Å². The molecule has 4 nitrogen and oxygen atoms in total. The maximum Gasteiger partial charge on any atom is 0.253 e. The predicted octanol–water partition coefficient (Wildman–Crippen LogP) is 1.35. The van der Waals surface area contributed by atoms with E-state index in [1.165, 1.54) is 0 Å². The number of hydrogen-bond acceptors (Lipinski definition) is 3. The molecular weight excluding hydrogens is 216 g/mol.